The maximum Gasteiger partial charge on any atom is 0.303 e. The minimum absolute atomic E-state index is 0.168. The summed E-state index contributed by atoms with van der Waals surface area (Å²) in [5, 5.41) is 0. The van der Waals surface area contributed by atoms with Crippen molar-refractivity contribution in [3.8, 4) is 23.7 Å². The molecule has 0 fully saturated rings. The van der Waals surface area contributed by atoms with Crippen molar-refractivity contribution in [1.82, 2.24) is 0 Å². The second-order valence-electron chi connectivity index (χ2n) is 4.76. The first-order valence-electron chi connectivity index (χ1n) is 7.85. The number of carbonyl (C=O) groups is 3. The Labute approximate surface area is 153 Å². The van der Waals surface area contributed by atoms with E-state index in [1.807, 2.05) is 0 Å². The average molecular weight is 358 g/mol. The Morgan fingerprint density at radius 2 is 1.54 bits per heavy atom. The first-order chi connectivity index (χ1) is 12.4. The minimum atomic E-state index is -0.480. The van der Waals surface area contributed by atoms with E-state index in [0.717, 1.165) is 0 Å². The molecule has 26 heavy (non-hydrogen) atoms. The fourth-order valence-electron chi connectivity index (χ4n) is 1.45. The van der Waals surface area contributed by atoms with Crippen molar-refractivity contribution in [3.63, 3.8) is 0 Å². The molecule has 0 aromatic heterocycles. The highest BCUT2D eigenvalue weighted by Gasteiger charge is 2.08. The molecule has 0 bridgehead atoms. The molecule has 6 nitrogen and oxygen atoms in total. The minimum Gasteiger partial charge on any atom is -0.466 e. The van der Waals surface area contributed by atoms with E-state index < -0.39 is 12.1 Å². The Kier molecular flexibility index (Phi) is 13.4. The number of rotatable bonds is 8. The lowest BCUT2D eigenvalue weighted by Gasteiger charge is -2.12. The zero-order chi connectivity index (χ0) is 19.6. The van der Waals surface area contributed by atoms with Gasteiger partial charge in [0.1, 0.15) is 12.7 Å². The molecule has 0 aliphatic heterocycles. The Balaban J connectivity index is 4.31. The van der Waals surface area contributed by atoms with Gasteiger partial charge in [0.15, 0.2) is 0 Å². The summed E-state index contributed by atoms with van der Waals surface area (Å²) >= 11 is 0. The molecule has 0 aromatic carbocycles. The largest absolute Gasteiger partial charge is 0.466 e. The van der Waals surface area contributed by atoms with Crippen LogP contribution in [0.25, 0.3) is 0 Å². The molecule has 0 spiro atoms. The molecule has 0 aromatic rings. The van der Waals surface area contributed by atoms with Gasteiger partial charge in [-0.15, -0.1) is 0 Å². The maximum atomic E-state index is 11.0. The first-order valence-corrected chi connectivity index (χ1v) is 7.85. The van der Waals surface area contributed by atoms with Gasteiger partial charge in [0.25, 0.3) is 0 Å². The topological polar surface area (TPSA) is 78.9 Å². The maximum absolute atomic E-state index is 11.0. The molecule has 1 atom stereocenters. The van der Waals surface area contributed by atoms with Gasteiger partial charge in [-0.2, -0.15) is 0 Å². The molecule has 0 saturated carbocycles. The highest BCUT2D eigenvalue weighted by Crippen LogP contribution is 2.02. The molecule has 0 aliphatic carbocycles. The molecule has 0 rings (SSSR count). The van der Waals surface area contributed by atoms with Crippen molar-refractivity contribution >= 4 is 17.9 Å². The third-order valence-electron chi connectivity index (χ3n) is 2.43. The fraction of sp³-hybridized carbons (Fsp3) is 0.350. The van der Waals surface area contributed by atoms with Crippen LogP contribution in [-0.4, -0.2) is 37.2 Å². The van der Waals surface area contributed by atoms with Gasteiger partial charge in [0, 0.05) is 27.2 Å². The Morgan fingerprint density at radius 3 is 2.15 bits per heavy atom. The van der Waals surface area contributed by atoms with Gasteiger partial charge in [-0.25, -0.2) is 0 Å². The van der Waals surface area contributed by atoms with E-state index in [-0.39, 0.29) is 25.2 Å². The number of hydrogen-bond acceptors (Lipinski definition) is 6. The summed E-state index contributed by atoms with van der Waals surface area (Å²) in [6, 6.07) is 0. The Hall–Kier alpha value is -3.25. The molecule has 0 radical (unpaired) electrons. The zero-order valence-corrected chi connectivity index (χ0v) is 15.1. The Morgan fingerprint density at radius 1 is 0.885 bits per heavy atom. The van der Waals surface area contributed by atoms with E-state index in [9.17, 15) is 14.4 Å². The number of hydrogen-bond donors (Lipinski definition) is 0. The number of ether oxygens (including phenoxy) is 3. The van der Waals surface area contributed by atoms with Crippen LogP contribution in [-0.2, 0) is 28.6 Å². The summed E-state index contributed by atoms with van der Waals surface area (Å²) in [5.74, 6) is 9.48. The predicted octanol–water partition coefficient (Wildman–Crippen LogP) is 2.11. The molecular weight excluding hydrogens is 336 g/mol. The fourth-order valence-corrected chi connectivity index (χ4v) is 1.45. The normalized spacial score (nSPS) is 11.3. The molecule has 0 unspecified atom stereocenters. The van der Waals surface area contributed by atoms with Crippen molar-refractivity contribution in [1.29, 1.82) is 0 Å². The molecule has 0 N–H and O–H groups in total. The lowest BCUT2D eigenvalue weighted by atomic mass is 10.2. The predicted molar refractivity (Wildman–Crippen MR) is 96.4 cm³/mol. The van der Waals surface area contributed by atoms with Crippen molar-refractivity contribution < 1.29 is 28.6 Å². The number of carbonyl (C=O) groups excluding carboxylic acids is 3. The number of esters is 3. The summed E-state index contributed by atoms with van der Waals surface area (Å²) < 4.78 is 14.6. The first kappa shape index (κ1) is 22.8. The lowest BCUT2D eigenvalue weighted by molar-refractivity contribution is -0.146. The third kappa shape index (κ3) is 17.1. The van der Waals surface area contributed by atoms with Crippen LogP contribution in [0.3, 0.4) is 0 Å². The van der Waals surface area contributed by atoms with Crippen LogP contribution in [0.5, 0.6) is 0 Å². The Bertz CT molecular complexity index is 677. The van der Waals surface area contributed by atoms with Crippen LogP contribution in [0, 0.1) is 23.7 Å². The van der Waals surface area contributed by atoms with E-state index in [1.54, 1.807) is 36.5 Å². The van der Waals surface area contributed by atoms with Crippen LogP contribution >= 0.6 is 0 Å². The van der Waals surface area contributed by atoms with Crippen molar-refractivity contribution in [2.45, 2.75) is 33.3 Å². The van der Waals surface area contributed by atoms with Gasteiger partial charge in [-0.05, 0) is 36.1 Å². The van der Waals surface area contributed by atoms with Crippen LogP contribution in [0.4, 0.5) is 0 Å². The highest BCUT2D eigenvalue weighted by atomic mass is 16.6. The second-order valence-corrected chi connectivity index (χ2v) is 4.76. The molecule has 6 heteroatoms. The van der Waals surface area contributed by atoms with Gasteiger partial charge in [0.2, 0.25) is 0 Å². The average Bonchev–Trinajstić information content (AvgIpc) is 2.54. The van der Waals surface area contributed by atoms with E-state index in [1.165, 1.54) is 20.8 Å². The van der Waals surface area contributed by atoms with Gasteiger partial charge in [0.05, 0.1) is 6.61 Å². The van der Waals surface area contributed by atoms with E-state index >= 15 is 0 Å². The molecule has 0 heterocycles. The van der Waals surface area contributed by atoms with Gasteiger partial charge in [-0.3, -0.25) is 14.4 Å². The van der Waals surface area contributed by atoms with Crippen molar-refractivity contribution in [2.24, 2.45) is 0 Å². The van der Waals surface area contributed by atoms with Crippen LogP contribution < -0.4 is 0 Å². The van der Waals surface area contributed by atoms with E-state index in [0.29, 0.717) is 6.42 Å². The molecule has 0 amide bonds. The van der Waals surface area contributed by atoms with Crippen molar-refractivity contribution in [2.75, 3.05) is 13.2 Å². The summed E-state index contributed by atoms with van der Waals surface area (Å²) in [4.78, 5) is 32.3. The van der Waals surface area contributed by atoms with Crippen LogP contribution in [0.1, 0.15) is 27.2 Å². The van der Waals surface area contributed by atoms with E-state index in [4.69, 9.17) is 9.47 Å². The van der Waals surface area contributed by atoms with Gasteiger partial charge in [-0.1, -0.05) is 24.0 Å². The summed E-state index contributed by atoms with van der Waals surface area (Å²) in [7, 11) is 0. The van der Waals surface area contributed by atoms with Gasteiger partial charge >= 0.3 is 17.9 Å². The molecule has 0 saturated heterocycles. The van der Waals surface area contributed by atoms with Crippen LogP contribution in [0.15, 0.2) is 36.5 Å². The monoisotopic (exact) mass is 358 g/mol. The summed E-state index contributed by atoms with van der Waals surface area (Å²) in [6.45, 7) is 4.31. The lowest BCUT2D eigenvalue weighted by Crippen LogP contribution is -2.17. The smallest absolute Gasteiger partial charge is 0.303 e. The van der Waals surface area contributed by atoms with Gasteiger partial charge < -0.3 is 14.2 Å². The standard InChI is InChI=1S/C20H22O6/c1-17(21)24-15-12-10-8-6-4-5-7-9-11-13-20(26-19(3)23)14-16-25-18(2)22/h7,9-13,20H,14-16H2,1-3H3/b9-7+,12-10+,13-11+/t20-/m0/s1. The third-order valence-corrected chi connectivity index (χ3v) is 2.43. The quantitative estimate of drug-likeness (QED) is 0.286. The molecular formula is C20H22O6. The summed E-state index contributed by atoms with van der Waals surface area (Å²) in [5.41, 5.74) is 0. The molecule has 138 valence electrons. The SMILES string of the molecule is CC(=O)OC/C=C/C#CC#C/C=C/C=C/[C@@H](CCOC(C)=O)OC(C)=O. The van der Waals surface area contributed by atoms with Crippen molar-refractivity contribution in [3.05, 3.63) is 36.5 Å². The van der Waals surface area contributed by atoms with E-state index in [2.05, 4.69) is 28.4 Å². The number of allylic oxidation sites excluding steroid dienone is 4. The van der Waals surface area contributed by atoms with Crippen LogP contribution in [0.2, 0.25) is 0 Å². The second kappa shape index (κ2) is 15.3. The summed E-state index contributed by atoms with van der Waals surface area (Å²) in [6.07, 6.45) is 9.67. The highest BCUT2D eigenvalue weighted by molar-refractivity contribution is 5.66. The zero-order valence-electron chi connectivity index (χ0n) is 15.1. The molecule has 0 aliphatic rings.